The third-order valence-corrected chi connectivity index (χ3v) is 8.52. The lowest BCUT2D eigenvalue weighted by atomic mass is 10.2. The summed E-state index contributed by atoms with van der Waals surface area (Å²) in [6.45, 7) is 11.5. The molecule has 0 radical (unpaired) electrons. The highest BCUT2D eigenvalue weighted by Crippen LogP contribution is 2.37. The van der Waals surface area contributed by atoms with E-state index in [2.05, 4.69) is 49.0 Å². The average molecular weight is 325 g/mol. The van der Waals surface area contributed by atoms with Crippen LogP contribution in [0.3, 0.4) is 0 Å². The smallest absolute Gasteiger partial charge is 0.213 e. The Kier molecular flexibility index (Phi) is 6.22. The van der Waals surface area contributed by atoms with Crippen LogP contribution in [0.25, 0.3) is 0 Å². The summed E-state index contributed by atoms with van der Waals surface area (Å²) in [5.74, 6) is 0.560. The van der Waals surface area contributed by atoms with Crippen molar-refractivity contribution in [3.05, 3.63) is 23.9 Å². The van der Waals surface area contributed by atoms with Gasteiger partial charge in [0.2, 0.25) is 5.88 Å². The minimum atomic E-state index is -1.83. The number of hydrogen-bond acceptors (Lipinski definition) is 5. The van der Waals surface area contributed by atoms with E-state index in [9.17, 15) is 0 Å². The maximum absolute atomic E-state index is 6.21. The Balaban J connectivity index is 2.91. The Labute approximate surface area is 133 Å². The lowest BCUT2D eigenvalue weighted by molar-refractivity contribution is 0.263. The molecule has 0 bridgehead atoms. The van der Waals surface area contributed by atoms with Gasteiger partial charge in [-0.05, 0) is 36.4 Å². The quantitative estimate of drug-likeness (QED) is 0.445. The summed E-state index contributed by atoms with van der Waals surface area (Å²) in [5.41, 5.74) is 0.783. The molecule has 0 amide bonds. The Morgan fingerprint density at radius 1 is 1.38 bits per heavy atom. The monoisotopic (exact) mass is 324 g/mol. The molecular weight excluding hydrogens is 300 g/mol. The summed E-state index contributed by atoms with van der Waals surface area (Å²) in [6, 6.07) is 5.35. The minimum Gasteiger partial charge on any atom is -0.481 e. The zero-order chi connectivity index (χ0) is 16.1. The molecule has 21 heavy (non-hydrogen) atoms. The second-order valence-electron chi connectivity index (χ2n) is 6.41. The molecule has 0 aromatic carbocycles. The molecule has 116 valence electrons. The van der Waals surface area contributed by atoms with Gasteiger partial charge in [0.25, 0.3) is 0 Å². The number of aliphatic imine (C=N–C) groups is 1. The van der Waals surface area contributed by atoms with Crippen LogP contribution < -0.4 is 4.74 Å². The first-order valence-corrected chi connectivity index (χ1v) is 10.2. The van der Waals surface area contributed by atoms with Crippen LogP contribution in [0.1, 0.15) is 32.5 Å². The summed E-state index contributed by atoms with van der Waals surface area (Å²) in [6.07, 6.45) is 0. The number of thiocarbonyl (C=S) groups is 1. The van der Waals surface area contributed by atoms with E-state index in [1.54, 1.807) is 13.2 Å². The molecule has 0 aliphatic heterocycles. The van der Waals surface area contributed by atoms with Crippen LogP contribution >= 0.6 is 12.2 Å². The third-order valence-electron chi connectivity index (χ3n) is 3.91. The van der Waals surface area contributed by atoms with Crippen molar-refractivity contribution < 1.29 is 9.16 Å². The zero-order valence-electron chi connectivity index (χ0n) is 13.6. The highest BCUT2D eigenvalue weighted by Gasteiger charge is 2.37. The number of nitrogens with zero attached hydrogens (tertiary/aromatic N) is 2. The van der Waals surface area contributed by atoms with Crippen molar-refractivity contribution in [2.45, 2.75) is 44.9 Å². The van der Waals surface area contributed by atoms with Gasteiger partial charge in [-0.2, -0.15) is 0 Å². The first kappa shape index (κ1) is 18.0. The van der Waals surface area contributed by atoms with Gasteiger partial charge in [-0.15, -0.1) is 0 Å². The number of aromatic nitrogens is 1. The van der Waals surface area contributed by atoms with E-state index in [-0.39, 0.29) is 11.1 Å². The van der Waals surface area contributed by atoms with Crippen molar-refractivity contribution in [2.24, 2.45) is 4.99 Å². The van der Waals surface area contributed by atoms with Crippen LogP contribution in [0, 0.1) is 0 Å². The van der Waals surface area contributed by atoms with Crippen LogP contribution in [0.4, 0.5) is 0 Å². The molecule has 0 saturated carbocycles. The lowest BCUT2D eigenvalue weighted by Crippen LogP contribution is -2.41. The Bertz CT molecular complexity index is 523. The van der Waals surface area contributed by atoms with Gasteiger partial charge < -0.3 is 9.16 Å². The molecule has 1 atom stereocenters. The van der Waals surface area contributed by atoms with Gasteiger partial charge in [-0.3, -0.25) is 0 Å². The fourth-order valence-corrected chi connectivity index (χ4v) is 2.62. The summed E-state index contributed by atoms with van der Waals surface area (Å²) >= 11 is 4.75. The molecule has 0 fully saturated rings. The predicted octanol–water partition coefficient (Wildman–Crippen LogP) is 4.26. The maximum Gasteiger partial charge on any atom is 0.213 e. The van der Waals surface area contributed by atoms with Crippen LogP contribution in [-0.2, 0) is 4.43 Å². The van der Waals surface area contributed by atoms with Crippen LogP contribution in [-0.4, -0.2) is 32.2 Å². The molecule has 6 heteroatoms. The Morgan fingerprint density at radius 3 is 2.57 bits per heavy atom. The third kappa shape index (κ3) is 5.00. The molecule has 1 heterocycles. The summed E-state index contributed by atoms with van der Waals surface area (Å²) in [5, 5.41) is 2.60. The first-order chi connectivity index (χ1) is 9.71. The fourth-order valence-electron chi connectivity index (χ4n) is 1.49. The second kappa shape index (κ2) is 7.27. The van der Waals surface area contributed by atoms with E-state index in [0.29, 0.717) is 12.5 Å². The molecule has 1 aromatic rings. The Morgan fingerprint density at radius 2 is 2.05 bits per heavy atom. The van der Waals surface area contributed by atoms with Gasteiger partial charge in [-0.25, -0.2) is 9.98 Å². The van der Waals surface area contributed by atoms with E-state index in [0.717, 1.165) is 5.69 Å². The molecule has 0 aliphatic carbocycles. The SMILES string of the molecule is COc1cccc(C(CO[Si](C)(C)C(C)(C)C)N=C=S)n1. The van der Waals surface area contributed by atoms with E-state index >= 15 is 0 Å². The molecule has 0 aliphatic rings. The van der Waals surface area contributed by atoms with E-state index < -0.39 is 8.32 Å². The summed E-state index contributed by atoms with van der Waals surface area (Å²) < 4.78 is 11.4. The number of methoxy groups -OCH3 is 1. The van der Waals surface area contributed by atoms with Crippen LogP contribution in [0.2, 0.25) is 18.1 Å². The van der Waals surface area contributed by atoms with Gasteiger partial charge in [0.1, 0.15) is 6.04 Å². The molecule has 1 aromatic heterocycles. The van der Waals surface area contributed by atoms with Gasteiger partial charge >= 0.3 is 0 Å². The van der Waals surface area contributed by atoms with Gasteiger partial charge in [0.15, 0.2) is 8.32 Å². The lowest BCUT2D eigenvalue weighted by Gasteiger charge is -2.36. The normalized spacial score (nSPS) is 13.4. The summed E-state index contributed by atoms with van der Waals surface area (Å²) in [7, 11) is -0.239. The predicted molar refractivity (Wildman–Crippen MR) is 91.7 cm³/mol. The van der Waals surface area contributed by atoms with Crippen LogP contribution in [0.5, 0.6) is 5.88 Å². The molecule has 0 N–H and O–H groups in total. The van der Waals surface area contributed by atoms with E-state index in [1.807, 2.05) is 12.1 Å². The molecule has 1 unspecified atom stereocenters. The number of rotatable bonds is 6. The molecule has 0 spiro atoms. The van der Waals surface area contributed by atoms with Crippen molar-refractivity contribution in [3.63, 3.8) is 0 Å². The topological polar surface area (TPSA) is 43.7 Å². The van der Waals surface area contributed by atoms with E-state index in [1.165, 1.54) is 0 Å². The van der Waals surface area contributed by atoms with Crippen LogP contribution in [0.15, 0.2) is 23.2 Å². The van der Waals surface area contributed by atoms with Gasteiger partial charge in [0, 0.05) is 6.07 Å². The first-order valence-electron chi connectivity index (χ1n) is 6.93. The highest BCUT2D eigenvalue weighted by atomic mass is 32.1. The molecular formula is C15H24N2O2SSi. The number of ether oxygens (including phenoxy) is 1. The second-order valence-corrected chi connectivity index (χ2v) is 11.4. The average Bonchev–Trinajstić information content (AvgIpc) is 2.42. The highest BCUT2D eigenvalue weighted by molar-refractivity contribution is 7.78. The largest absolute Gasteiger partial charge is 0.481 e. The number of hydrogen-bond donors (Lipinski definition) is 0. The van der Waals surface area contributed by atoms with E-state index in [4.69, 9.17) is 21.4 Å². The molecule has 0 saturated heterocycles. The number of isothiocyanates is 1. The van der Waals surface area contributed by atoms with Crippen molar-refractivity contribution >= 4 is 25.7 Å². The summed E-state index contributed by atoms with van der Waals surface area (Å²) in [4.78, 5) is 8.61. The van der Waals surface area contributed by atoms with Crippen molar-refractivity contribution in [3.8, 4) is 5.88 Å². The minimum absolute atomic E-state index is 0.154. The van der Waals surface area contributed by atoms with Gasteiger partial charge in [0.05, 0.1) is 24.6 Å². The number of pyridine rings is 1. The molecule has 1 rings (SSSR count). The van der Waals surface area contributed by atoms with Crippen molar-refractivity contribution in [1.82, 2.24) is 4.98 Å². The maximum atomic E-state index is 6.21. The molecule has 4 nitrogen and oxygen atoms in total. The van der Waals surface area contributed by atoms with Crippen molar-refractivity contribution in [1.29, 1.82) is 0 Å². The Hall–Kier alpha value is -1.07. The zero-order valence-corrected chi connectivity index (χ0v) is 15.5. The fraction of sp³-hybridized carbons (Fsp3) is 0.600. The van der Waals surface area contributed by atoms with Gasteiger partial charge in [-0.1, -0.05) is 26.8 Å². The standard InChI is InChI=1S/C15H24N2O2SSi/c1-15(2,3)21(5,6)19-10-13(16-11-20)12-8-7-9-14(17-12)18-4/h7-9,13H,10H2,1-6H3. The van der Waals surface area contributed by atoms with Crippen molar-refractivity contribution in [2.75, 3.05) is 13.7 Å².